The summed E-state index contributed by atoms with van der Waals surface area (Å²) in [5, 5.41) is 1.77. The molecule has 0 fully saturated rings. The van der Waals surface area contributed by atoms with Crippen LogP contribution >= 0.6 is 0 Å². The molecule has 92 valence electrons. The zero-order valence-electron chi connectivity index (χ0n) is 10.3. The molecule has 0 bridgehead atoms. The van der Waals surface area contributed by atoms with Crippen LogP contribution in [0, 0.1) is 0 Å². The average Bonchev–Trinajstić information content (AvgIpc) is 2.72. The van der Waals surface area contributed by atoms with E-state index in [0.29, 0.717) is 6.04 Å². The van der Waals surface area contributed by atoms with E-state index in [4.69, 9.17) is 5.73 Å². The van der Waals surface area contributed by atoms with Crippen LogP contribution in [0.2, 0.25) is 0 Å². The second-order valence-electron chi connectivity index (χ2n) is 4.66. The summed E-state index contributed by atoms with van der Waals surface area (Å²) in [5.74, 6) is 0.271. The summed E-state index contributed by atoms with van der Waals surface area (Å²) in [6.45, 7) is 4.24. The van der Waals surface area contributed by atoms with Gasteiger partial charge in [0.25, 0.3) is 0 Å². The average molecular weight is 242 g/mol. The lowest BCUT2D eigenvalue weighted by atomic mass is 10.1. The first-order valence-electron chi connectivity index (χ1n) is 5.87. The molecule has 0 saturated carbocycles. The predicted octanol–water partition coefficient (Wildman–Crippen LogP) is 2.04. The molecule has 1 aromatic carbocycles. The van der Waals surface area contributed by atoms with Crippen LogP contribution in [0.25, 0.3) is 21.8 Å². The van der Waals surface area contributed by atoms with Crippen molar-refractivity contribution in [3.8, 4) is 0 Å². The Balaban J connectivity index is 2.51. The molecular weight excluding hydrogens is 228 g/mol. The summed E-state index contributed by atoms with van der Waals surface area (Å²) in [7, 11) is 0. The Morgan fingerprint density at radius 1 is 1.28 bits per heavy atom. The normalized spacial score (nSPS) is 11.7. The highest BCUT2D eigenvalue weighted by Crippen LogP contribution is 2.27. The van der Waals surface area contributed by atoms with E-state index in [1.54, 1.807) is 0 Å². The number of hydrogen-bond acceptors (Lipinski definition) is 3. The van der Waals surface area contributed by atoms with E-state index >= 15 is 0 Å². The molecule has 0 aliphatic heterocycles. The van der Waals surface area contributed by atoms with Crippen LogP contribution in [0.3, 0.4) is 0 Å². The van der Waals surface area contributed by atoms with Crippen LogP contribution in [-0.4, -0.2) is 14.5 Å². The zero-order valence-corrected chi connectivity index (χ0v) is 10.3. The molecule has 0 amide bonds. The third kappa shape index (κ3) is 1.40. The minimum atomic E-state index is -0.412. The lowest BCUT2D eigenvalue weighted by Gasteiger charge is -2.10. The van der Waals surface area contributed by atoms with E-state index in [-0.39, 0.29) is 5.82 Å². The van der Waals surface area contributed by atoms with Gasteiger partial charge in [-0.1, -0.05) is 0 Å². The summed E-state index contributed by atoms with van der Waals surface area (Å²) >= 11 is 0. The van der Waals surface area contributed by atoms with E-state index in [1.165, 1.54) is 0 Å². The highest BCUT2D eigenvalue weighted by atomic mass is 16.1. The summed E-state index contributed by atoms with van der Waals surface area (Å²) < 4.78 is 2.16. The maximum absolute atomic E-state index is 11.4. The van der Waals surface area contributed by atoms with E-state index < -0.39 is 5.69 Å². The van der Waals surface area contributed by atoms with Crippen molar-refractivity contribution in [3.05, 3.63) is 34.9 Å². The molecule has 0 saturated heterocycles. The van der Waals surface area contributed by atoms with Crippen molar-refractivity contribution in [1.82, 2.24) is 14.5 Å². The first-order chi connectivity index (χ1) is 8.58. The van der Waals surface area contributed by atoms with Gasteiger partial charge in [0.05, 0.1) is 11.0 Å². The van der Waals surface area contributed by atoms with Gasteiger partial charge in [-0.25, -0.2) is 4.79 Å². The lowest BCUT2D eigenvalue weighted by Crippen LogP contribution is -2.12. The Morgan fingerprint density at radius 3 is 2.78 bits per heavy atom. The number of fused-ring (bicyclic) bond motifs is 3. The number of aromatic amines is 1. The van der Waals surface area contributed by atoms with Gasteiger partial charge < -0.3 is 15.3 Å². The van der Waals surface area contributed by atoms with Crippen LogP contribution in [0.5, 0.6) is 0 Å². The first-order valence-corrected chi connectivity index (χ1v) is 5.87. The van der Waals surface area contributed by atoms with Gasteiger partial charge in [-0.05, 0) is 32.0 Å². The molecular formula is C13H14N4O. The molecule has 0 radical (unpaired) electrons. The van der Waals surface area contributed by atoms with Crippen LogP contribution in [0.1, 0.15) is 19.9 Å². The van der Waals surface area contributed by atoms with Crippen LogP contribution in [0.4, 0.5) is 5.82 Å². The lowest BCUT2D eigenvalue weighted by molar-refractivity contribution is 0.623. The summed E-state index contributed by atoms with van der Waals surface area (Å²) in [6, 6.07) is 6.27. The summed E-state index contributed by atoms with van der Waals surface area (Å²) in [4.78, 5) is 17.9. The zero-order chi connectivity index (χ0) is 12.9. The molecule has 3 N–H and O–H groups in total. The molecule has 5 nitrogen and oxygen atoms in total. The van der Waals surface area contributed by atoms with Crippen molar-refractivity contribution in [2.24, 2.45) is 0 Å². The molecule has 18 heavy (non-hydrogen) atoms. The maximum atomic E-state index is 11.4. The minimum Gasteiger partial charge on any atom is -0.383 e. The molecule has 3 rings (SSSR count). The number of nitrogens with one attached hydrogen (secondary N) is 1. The highest BCUT2D eigenvalue weighted by molar-refractivity contribution is 6.07. The summed E-state index contributed by atoms with van der Waals surface area (Å²) in [6.07, 6.45) is 2.02. The molecule has 5 heteroatoms. The van der Waals surface area contributed by atoms with Gasteiger partial charge in [-0.3, -0.25) is 0 Å². The molecule has 3 aromatic rings. The van der Waals surface area contributed by atoms with Gasteiger partial charge in [0, 0.05) is 23.0 Å². The molecule has 0 spiro atoms. The quantitative estimate of drug-likeness (QED) is 0.685. The van der Waals surface area contributed by atoms with Crippen molar-refractivity contribution in [2.75, 3.05) is 5.73 Å². The fourth-order valence-electron chi connectivity index (χ4n) is 2.34. The fraction of sp³-hybridized carbons (Fsp3) is 0.231. The van der Waals surface area contributed by atoms with E-state index in [0.717, 1.165) is 21.8 Å². The van der Waals surface area contributed by atoms with Crippen molar-refractivity contribution >= 4 is 27.6 Å². The highest BCUT2D eigenvalue weighted by Gasteiger charge is 2.10. The monoisotopic (exact) mass is 242 g/mol. The van der Waals surface area contributed by atoms with Crippen molar-refractivity contribution in [1.29, 1.82) is 0 Å². The smallest absolute Gasteiger partial charge is 0.347 e. The van der Waals surface area contributed by atoms with Crippen LogP contribution in [0.15, 0.2) is 29.2 Å². The topological polar surface area (TPSA) is 76.7 Å². The fourth-order valence-corrected chi connectivity index (χ4v) is 2.34. The Bertz CT molecular complexity index is 798. The van der Waals surface area contributed by atoms with Gasteiger partial charge in [-0.2, -0.15) is 4.98 Å². The maximum Gasteiger partial charge on any atom is 0.347 e. The standard InChI is InChI=1S/C13H14N4O/c1-7(2)17-6-5-8-10(17)4-3-9-11(8)15-13(18)16-12(9)14/h3-7H,1-2H3,(H3,14,15,16,18). The number of benzene rings is 1. The number of hydrogen-bond donors (Lipinski definition) is 2. The molecule has 0 unspecified atom stereocenters. The van der Waals surface area contributed by atoms with Crippen LogP contribution in [-0.2, 0) is 0 Å². The number of nitrogens with zero attached hydrogens (tertiary/aromatic N) is 2. The van der Waals surface area contributed by atoms with Crippen molar-refractivity contribution < 1.29 is 0 Å². The van der Waals surface area contributed by atoms with Crippen molar-refractivity contribution in [2.45, 2.75) is 19.9 Å². The van der Waals surface area contributed by atoms with Gasteiger partial charge in [-0.15, -0.1) is 0 Å². The number of anilines is 1. The second-order valence-corrected chi connectivity index (χ2v) is 4.66. The Kier molecular flexibility index (Phi) is 2.16. The van der Waals surface area contributed by atoms with Crippen LogP contribution < -0.4 is 11.4 Å². The molecule has 2 heterocycles. The molecule has 0 aliphatic carbocycles. The predicted molar refractivity (Wildman–Crippen MR) is 72.7 cm³/mol. The minimum absolute atomic E-state index is 0.271. The second kappa shape index (κ2) is 3.60. The summed E-state index contributed by atoms with van der Waals surface area (Å²) in [5.41, 5.74) is 7.20. The van der Waals surface area contributed by atoms with Crippen molar-refractivity contribution in [3.63, 3.8) is 0 Å². The number of nitrogens with two attached hydrogens (primary N) is 1. The number of aromatic nitrogens is 3. The number of rotatable bonds is 1. The van der Waals surface area contributed by atoms with Gasteiger partial charge >= 0.3 is 5.69 Å². The largest absolute Gasteiger partial charge is 0.383 e. The number of nitrogen functional groups attached to an aromatic ring is 1. The third-order valence-electron chi connectivity index (χ3n) is 3.19. The van der Waals surface area contributed by atoms with Gasteiger partial charge in [0.15, 0.2) is 0 Å². The SMILES string of the molecule is CC(C)n1ccc2c3[nH]c(=O)nc(N)c3ccc21. The van der Waals surface area contributed by atoms with E-state index in [9.17, 15) is 4.79 Å². The molecule has 2 aromatic heterocycles. The van der Waals surface area contributed by atoms with E-state index in [1.807, 2.05) is 24.4 Å². The first kappa shape index (κ1) is 10.8. The Morgan fingerprint density at radius 2 is 2.06 bits per heavy atom. The molecule has 0 aliphatic rings. The van der Waals surface area contributed by atoms with Gasteiger partial charge in [0.1, 0.15) is 5.82 Å². The Hall–Kier alpha value is -2.30. The molecule has 0 atom stereocenters. The Labute approximate surface area is 103 Å². The van der Waals surface area contributed by atoms with Gasteiger partial charge in [0.2, 0.25) is 0 Å². The number of H-pyrrole nitrogens is 1. The third-order valence-corrected chi connectivity index (χ3v) is 3.19. The van der Waals surface area contributed by atoms with E-state index in [2.05, 4.69) is 28.4 Å².